The van der Waals surface area contributed by atoms with Crippen molar-refractivity contribution in [3.05, 3.63) is 11.6 Å². The number of esters is 2. The van der Waals surface area contributed by atoms with Crippen LogP contribution in [0.2, 0.25) is 0 Å². The van der Waals surface area contributed by atoms with Crippen molar-refractivity contribution in [2.24, 2.45) is 5.92 Å². The fraction of sp³-hybridized carbons (Fsp3) is 0.692. The molecule has 4 heteroatoms. The average Bonchev–Trinajstić information content (AvgIpc) is 2.16. The van der Waals surface area contributed by atoms with Crippen LogP contribution in [0.15, 0.2) is 11.6 Å². The maximum atomic E-state index is 11.4. The third-order valence-corrected chi connectivity index (χ3v) is 2.14. The monoisotopic (exact) mass is 242 g/mol. The molecule has 0 aliphatic heterocycles. The fourth-order valence-corrected chi connectivity index (χ4v) is 1.32. The number of allylic oxidation sites excluding steroid dienone is 1. The lowest BCUT2D eigenvalue weighted by atomic mass is 10.1. The largest absolute Gasteiger partial charge is 0.466 e. The summed E-state index contributed by atoms with van der Waals surface area (Å²) >= 11 is 0. The van der Waals surface area contributed by atoms with E-state index in [4.69, 9.17) is 4.74 Å². The molecule has 0 aliphatic carbocycles. The van der Waals surface area contributed by atoms with E-state index in [0.29, 0.717) is 5.92 Å². The van der Waals surface area contributed by atoms with Gasteiger partial charge in [0.1, 0.15) is 12.5 Å². The zero-order valence-electron chi connectivity index (χ0n) is 11.3. The highest BCUT2D eigenvalue weighted by molar-refractivity contribution is 5.91. The molecule has 0 aliphatic rings. The van der Waals surface area contributed by atoms with Gasteiger partial charge in [0.15, 0.2) is 0 Å². The van der Waals surface area contributed by atoms with Gasteiger partial charge in [-0.1, -0.05) is 19.9 Å². The van der Waals surface area contributed by atoms with E-state index in [2.05, 4.69) is 18.6 Å². The molecule has 1 unspecified atom stereocenters. The van der Waals surface area contributed by atoms with Crippen molar-refractivity contribution in [3.8, 4) is 0 Å². The minimum Gasteiger partial charge on any atom is -0.466 e. The minimum absolute atomic E-state index is 0.272. The Bertz CT molecular complexity index is 292. The van der Waals surface area contributed by atoms with Gasteiger partial charge in [0.2, 0.25) is 0 Å². The highest BCUT2D eigenvalue weighted by Crippen LogP contribution is 2.10. The molecule has 0 rings (SSSR count). The Morgan fingerprint density at radius 2 is 1.76 bits per heavy atom. The summed E-state index contributed by atoms with van der Waals surface area (Å²) in [6.45, 7) is 9.77. The Morgan fingerprint density at radius 1 is 1.18 bits per heavy atom. The maximum Gasteiger partial charge on any atom is 0.317 e. The predicted octanol–water partition coefficient (Wildman–Crippen LogP) is 2.47. The van der Waals surface area contributed by atoms with Crippen molar-refractivity contribution in [3.63, 3.8) is 0 Å². The van der Waals surface area contributed by atoms with Crippen LogP contribution in [0, 0.1) is 5.92 Å². The summed E-state index contributed by atoms with van der Waals surface area (Å²) < 4.78 is 9.79. The van der Waals surface area contributed by atoms with Gasteiger partial charge >= 0.3 is 11.9 Å². The standard InChI is InChI=1S/C13H22O4/c1-6-16-12(14)8-13(15)17-11(5)10(4)7-9(2)3/h7,9,11H,6,8H2,1-5H3. The summed E-state index contributed by atoms with van der Waals surface area (Å²) in [4.78, 5) is 22.4. The van der Waals surface area contributed by atoms with Gasteiger partial charge < -0.3 is 9.47 Å². The number of hydrogen-bond acceptors (Lipinski definition) is 4. The van der Waals surface area contributed by atoms with Crippen LogP contribution in [0.5, 0.6) is 0 Å². The number of carbonyl (C=O) groups excluding carboxylic acids is 2. The highest BCUT2D eigenvalue weighted by Gasteiger charge is 2.15. The van der Waals surface area contributed by atoms with Crippen LogP contribution in [0.4, 0.5) is 0 Å². The van der Waals surface area contributed by atoms with Crippen LogP contribution in [-0.2, 0) is 19.1 Å². The third-order valence-electron chi connectivity index (χ3n) is 2.14. The van der Waals surface area contributed by atoms with Gasteiger partial charge in [-0.15, -0.1) is 0 Å². The molecule has 0 spiro atoms. The van der Waals surface area contributed by atoms with E-state index in [-0.39, 0.29) is 19.1 Å². The Kier molecular flexibility index (Phi) is 7.26. The first-order valence-electron chi connectivity index (χ1n) is 5.90. The average molecular weight is 242 g/mol. The molecule has 0 saturated heterocycles. The lowest BCUT2D eigenvalue weighted by Gasteiger charge is -2.14. The number of rotatable bonds is 6. The van der Waals surface area contributed by atoms with E-state index in [1.807, 2.05) is 13.0 Å². The van der Waals surface area contributed by atoms with Gasteiger partial charge in [-0.05, 0) is 32.3 Å². The molecule has 1 atom stereocenters. The first-order chi connectivity index (χ1) is 7.86. The van der Waals surface area contributed by atoms with Crippen LogP contribution >= 0.6 is 0 Å². The third kappa shape index (κ3) is 7.55. The number of carbonyl (C=O) groups is 2. The Morgan fingerprint density at radius 3 is 2.24 bits per heavy atom. The van der Waals surface area contributed by atoms with Crippen LogP contribution < -0.4 is 0 Å². The second-order valence-corrected chi connectivity index (χ2v) is 4.27. The molecule has 0 aromatic rings. The fourth-order valence-electron chi connectivity index (χ4n) is 1.32. The lowest BCUT2D eigenvalue weighted by Crippen LogP contribution is -2.20. The predicted molar refractivity (Wildman–Crippen MR) is 65.4 cm³/mol. The van der Waals surface area contributed by atoms with E-state index >= 15 is 0 Å². The minimum atomic E-state index is -0.549. The van der Waals surface area contributed by atoms with Crippen molar-refractivity contribution in [1.29, 1.82) is 0 Å². The first-order valence-corrected chi connectivity index (χ1v) is 5.90. The van der Waals surface area contributed by atoms with Crippen molar-refractivity contribution in [2.75, 3.05) is 6.61 Å². The molecule has 0 heterocycles. The first kappa shape index (κ1) is 15.7. The van der Waals surface area contributed by atoms with E-state index in [1.54, 1.807) is 13.8 Å². The second kappa shape index (κ2) is 7.87. The second-order valence-electron chi connectivity index (χ2n) is 4.27. The van der Waals surface area contributed by atoms with Crippen LogP contribution in [-0.4, -0.2) is 24.6 Å². The molecule has 4 nitrogen and oxygen atoms in total. The summed E-state index contributed by atoms with van der Waals surface area (Å²) in [5.41, 5.74) is 0.984. The van der Waals surface area contributed by atoms with Crippen molar-refractivity contribution in [2.45, 2.75) is 47.1 Å². The lowest BCUT2D eigenvalue weighted by molar-refractivity contribution is -0.155. The molecule has 0 aromatic heterocycles. The molecule has 17 heavy (non-hydrogen) atoms. The highest BCUT2D eigenvalue weighted by atomic mass is 16.6. The van der Waals surface area contributed by atoms with Crippen LogP contribution in [0.25, 0.3) is 0 Å². The smallest absolute Gasteiger partial charge is 0.317 e. The van der Waals surface area contributed by atoms with Gasteiger partial charge in [0.05, 0.1) is 6.61 Å². The summed E-state index contributed by atoms with van der Waals surface area (Å²) in [5.74, 6) is -0.691. The topological polar surface area (TPSA) is 52.6 Å². The summed E-state index contributed by atoms with van der Waals surface area (Å²) in [5, 5.41) is 0. The summed E-state index contributed by atoms with van der Waals surface area (Å²) in [6, 6.07) is 0. The summed E-state index contributed by atoms with van der Waals surface area (Å²) in [6.07, 6.45) is 1.40. The normalized spacial score (nSPS) is 13.4. The SMILES string of the molecule is CCOC(=O)CC(=O)OC(C)C(C)=CC(C)C. The zero-order valence-corrected chi connectivity index (χ0v) is 11.3. The molecule has 0 saturated carbocycles. The molecule has 0 fully saturated rings. The van der Waals surface area contributed by atoms with E-state index in [0.717, 1.165) is 5.57 Å². The number of ether oxygens (including phenoxy) is 2. The van der Waals surface area contributed by atoms with Gasteiger partial charge in [-0.2, -0.15) is 0 Å². The van der Waals surface area contributed by atoms with E-state index in [1.165, 1.54) is 0 Å². The van der Waals surface area contributed by atoms with Gasteiger partial charge in [-0.25, -0.2) is 0 Å². The molecule has 0 amide bonds. The van der Waals surface area contributed by atoms with Gasteiger partial charge in [-0.3, -0.25) is 9.59 Å². The van der Waals surface area contributed by atoms with Gasteiger partial charge in [0.25, 0.3) is 0 Å². The van der Waals surface area contributed by atoms with Gasteiger partial charge in [0, 0.05) is 0 Å². The molecule has 0 radical (unpaired) electrons. The van der Waals surface area contributed by atoms with Crippen molar-refractivity contribution < 1.29 is 19.1 Å². The quantitative estimate of drug-likeness (QED) is 0.408. The molecule has 0 bridgehead atoms. The molecule has 0 aromatic carbocycles. The van der Waals surface area contributed by atoms with Crippen molar-refractivity contribution in [1.82, 2.24) is 0 Å². The Balaban J connectivity index is 4.16. The Labute approximate surface area is 103 Å². The molecule has 0 N–H and O–H groups in total. The van der Waals surface area contributed by atoms with Crippen molar-refractivity contribution >= 4 is 11.9 Å². The van der Waals surface area contributed by atoms with E-state index in [9.17, 15) is 9.59 Å². The van der Waals surface area contributed by atoms with Crippen LogP contribution in [0.3, 0.4) is 0 Å². The van der Waals surface area contributed by atoms with Crippen LogP contribution in [0.1, 0.15) is 41.0 Å². The molecular formula is C13H22O4. The maximum absolute atomic E-state index is 11.4. The van der Waals surface area contributed by atoms with E-state index < -0.39 is 11.9 Å². The Hall–Kier alpha value is -1.32. The summed E-state index contributed by atoms with van der Waals surface area (Å²) in [7, 11) is 0. The molecule has 98 valence electrons. The number of hydrogen-bond donors (Lipinski definition) is 0. The zero-order chi connectivity index (χ0) is 13.4. The molecular weight excluding hydrogens is 220 g/mol.